The van der Waals surface area contributed by atoms with E-state index in [1.54, 1.807) is 13.8 Å². The van der Waals surface area contributed by atoms with E-state index in [0.29, 0.717) is 5.92 Å². The summed E-state index contributed by atoms with van der Waals surface area (Å²) in [7, 11) is -3.44. The number of hydrogen-bond donors (Lipinski definition) is 1. The van der Waals surface area contributed by atoms with Gasteiger partial charge in [-0.15, -0.1) is 0 Å². The highest BCUT2D eigenvalue weighted by Gasteiger charge is 2.41. The Hall–Kier alpha value is -0.0900. The van der Waals surface area contributed by atoms with Crippen molar-refractivity contribution >= 4 is 10.0 Å². The molecule has 0 spiro atoms. The fourth-order valence-corrected chi connectivity index (χ4v) is 3.41. The Morgan fingerprint density at radius 3 is 1.88 bits per heavy atom. The lowest BCUT2D eigenvalue weighted by Crippen LogP contribution is -2.45. The van der Waals surface area contributed by atoms with Gasteiger partial charge in [-0.2, -0.15) is 0 Å². The first kappa shape index (κ1) is 14.0. The van der Waals surface area contributed by atoms with Crippen molar-refractivity contribution in [2.45, 2.75) is 58.1 Å². The van der Waals surface area contributed by atoms with Crippen LogP contribution in [0.5, 0.6) is 0 Å². The molecule has 0 amide bonds. The van der Waals surface area contributed by atoms with Gasteiger partial charge in [0.05, 0.1) is 4.75 Å². The van der Waals surface area contributed by atoms with Crippen molar-refractivity contribution < 1.29 is 8.42 Å². The van der Waals surface area contributed by atoms with E-state index in [1.165, 1.54) is 0 Å². The average molecular weight is 247 g/mol. The molecule has 0 aliphatic heterocycles. The first-order valence-corrected chi connectivity index (χ1v) is 7.73. The van der Waals surface area contributed by atoms with Crippen LogP contribution in [0.1, 0.15) is 53.4 Å². The van der Waals surface area contributed by atoms with E-state index in [9.17, 15) is 8.42 Å². The fourth-order valence-electron chi connectivity index (χ4n) is 2.71. The summed E-state index contributed by atoms with van der Waals surface area (Å²) >= 11 is 0. The van der Waals surface area contributed by atoms with Gasteiger partial charge in [-0.3, -0.25) is 0 Å². The predicted octanol–water partition coefficient (Wildman–Crippen LogP) is 2.52. The maximum absolute atomic E-state index is 11.5. The van der Waals surface area contributed by atoms with Crippen molar-refractivity contribution in [1.82, 2.24) is 0 Å². The molecule has 0 unspecified atom stereocenters. The molecule has 3 nitrogen and oxygen atoms in total. The number of rotatable bonds is 3. The van der Waals surface area contributed by atoms with Crippen LogP contribution < -0.4 is 5.14 Å². The van der Waals surface area contributed by atoms with Gasteiger partial charge in [0.15, 0.2) is 0 Å². The lowest BCUT2D eigenvalue weighted by molar-refractivity contribution is 0.197. The summed E-state index contributed by atoms with van der Waals surface area (Å²) in [5.41, 5.74) is 0. The molecule has 0 bridgehead atoms. The quantitative estimate of drug-likeness (QED) is 0.833. The van der Waals surface area contributed by atoms with Crippen LogP contribution in [0.25, 0.3) is 0 Å². The van der Waals surface area contributed by atoms with Crippen molar-refractivity contribution in [3.8, 4) is 0 Å². The Morgan fingerprint density at radius 1 is 1.12 bits per heavy atom. The van der Waals surface area contributed by atoms with E-state index in [2.05, 4.69) is 13.8 Å². The lowest BCUT2D eigenvalue weighted by atomic mass is 9.73. The minimum atomic E-state index is -3.44. The van der Waals surface area contributed by atoms with Crippen molar-refractivity contribution in [2.75, 3.05) is 0 Å². The van der Waals surface area contributed by atoms with Gasteiger partial charge in [-0.05, 0) is 57.3 Å². The van der Waals surface area contributed by atoms with Crippen molar-refractivity contribution in [2.24, 2.45) is 22.9 Å². The highest BCUT2D eigenvalue weighted by molar-refractivity contribution is 7.90. The van der Waals surface area contributed by atoms with Crippen LogP contribution in [0.3, 0.4) is 0 Å². The van der Waals surface area contributed by atoms with Gasteiger partial charge in [0.2, 0.25) is 10.0 Å². The van der Waals surface area contributed by atoms with E-state index < -0.39 is 14.8 Å². The molecular formula is C12H25NO2S. The van der Waals surface area contributed by atoms with Gasteiger partial charge < -0.3 is 0 Å². The highest BCUT2D eigenvalue weighted by Crippen LogP contribution is 2.40. The smallest absolute Gasteiger partial charge is 0.214 e. The second kappa shape index (κ2) is 4.65. The second-order valence-corrected chi connectivity index (χ2v) is 8.15. The molecule has 2 N–H and O–H groups in total. The maximum Gasteiger partial charge on any atom is 0.214 e. The average Bonchev–Trinajstić information content (AvgIpc) is 2.16. The largest absolute Gasteiger partial charge is 0.228 e. The van der Waals surface area contributed by atoms with E-state index in [1.807, 2.05) is 0 Å². The molecule has 0 radical (unpaired) electrons. The van der Waals surface area contributed by atoms with Crippen LogP contribution in [0.2, 0.25) is 0 Å². The molecule has 1 saturated carbocycles. The first-order valence-electron chi connectivity index (χ1n) is 6.18. The monoisotopic (exact) mass is 247 g/mol. The third kappa shape index (κ3) is 2.77. The normalized spacial score (nSPS) is 28.4. The molecule has 96 valence electrons. The van der Waals surface area contributed by atoms with E-state index >= 15 is 0 Å². The SMILES string of the molecule is CC(C)C1CCC(C(C)(C)S(N)(=O)=O)CC1. The molecule has 0 aromatic rings. The van der Waals surface area contributed by atoms with Gasteiger partial charge in [0.1, 0.15) is 0 Å². The molecular weight excluding hydrogens is 222 g/mol. The molecule has 0 aromatic carbocycles. The fraction of sp³-hybridized carbons (Fsp3) is 1.00. The van der Waals surface area contributed by atoms with Gasteiger partial charge in [-0.25, -0.2) is 13.6 Å². The summed E-state index contributed by atoms with van der Waals surface area (Å²) in [6, 6.07) is 0. The maximum atomic E-state index is 11.5. The summed E-state index contributed by atoms with van der Waals surface area (Å²) in [4.78, 5) is 0. The molecule has 1 rings (SSSR count). The zero-order valence-corrected chi connectivity index (χ0v) is 11.7. The summed E-state index contributed by atoms with van der Waals surface area (Å²) in [6.07, 6.45) is 4.27. The minimum absolute atomic E-state index is 0.220. The number of sulfonamides is 1. The Balaban J connectivity index is 2.67. The number of primary sulfonamides is 1. The van der Waals surface area contributed by atoms with Crippen LogP contribution >= 0.6 is 0 Å². The second-order valence-electron chi connectivity index (χ2n) is 6.00. The van der Waals surface area contributed by atoms with Crippen LogP contribution in [-0.4, -0.2) is 13.2 Å². The van der Waals surface area contributed by atoms with E-state index in [0.717, 1.165) is 31.6 Å². The standard InChI is InChI=1S/C12H25NO2S/c1-9(2)10-5-7-11(8-6-10)12(3,4)16(13,14)15/h9-11H,5-8H2,1-4H3,(H2,13,14,15). The lowest BCUT2D eigenvalue weighted by Gasteiger charge is -2.38. The molecule has 1 aliphatic rings. The molecule has 0 atom stereocenters. The van der Waals surface area contributed by atoms with Crippen molar-refractivity contribution in [3.63, 3.8) is 0 Å². The van der Waals surface area contributed by atoms with E-state index in [4.69, 9.17) is 5.14 Å². The van der Waals surface area contributed by atoms with Gasteiger partial charge in [-0.1, -0.05) is 13.8 Å². The van der Waals surface area contributed by atoms with Crippen molar-refractivity contribution in [3.05, 3.63) is 0 Å². The molecule has 16 heavy (non-hydrogen) atoms. The Morgan fingerprint density at radius 2 is 1.56 bits per heavy atom. The molecule has 0 aromatic heterocycles. The zero-order chi connectivity index (χ0) is 12.6. The zero-order valence-electron chi connectivity index (χ0n) is 10.9. The van der Waals surface area contributed by atoms with Gasteiger partial charge in [0.25, 0.3) is 0 Å². The Kier molecular flexibility index (Phi) is 4.06. The summed E-state index contributed by atoms with van der Waals surface area (Å²) < 4.78 is 22.3. The van der Waals surface area contributed by atoms with Crippen LogP contribution in [0, 0.1) is 17.8 Å². The molecule has 1 fully saturated rings. The third-order valence-electron chi connectivity index (χ3n) is 4.43. The Bertz CT molecular complexity index is 325. The molecule has 0 heterocycles. The number of hydrogen-bond acceptors (Lipinski definition) is 2. The summed E-state index contributed by atoms with van der Waals surface area (Å²) in [5.74, 6) is 1.68. The van der Waals surface area contributed by atoms with Gasteiger partial charge >= 0.3 is 0 Å². The minimum Gasteiger partial charge on any atom is -0.228 e. The summed E-state index contributed by atoms with van der Waals surface area (Å²) in [6.45, 7) is 8.02. The topological polar surface area (TPSA) is 60.2 Å². The third-order valence-corrected chi connectivity index (χ3v) is 6.23. The first-order chi connectivity index (χ1) is 7.16. The van der Waals surface area contributed by atoms with Crippen LogP contribution in [0.4, 0.5) is 0 Å². The predicted molar refractivity (Wildman–Crippen MR) is 67.5 cm³/mol. The van der Waals surface area contributed by atoms with Gasteiger partial charge in [0, 0.05) is 0 Å². The molecule has 1 aliphatic carbocycles. The van der Waals surface area contributed by atoms with E-state index in [-0.39, 0.29) is 5.92 Å². The van der Waals surface area contributed by atoms with Crippen LogP contribution in [0.15, 0.2) is 0 Å². The highest BCUT2D eigenvalue weighted by atomic mass is 32.2. The van der Waals surface area contributed by atoms with Crippen molar-refractivity contribution in [1.29, 1.82) is 0 Å². The molecule has 0 saturated heterocycles. The van der Waals surface area contributed by atoms with Crippen LogP contribution in [-0.2, 0) is 10.0 Å². The molecule has 4 heteroatoms. The Labute approximate surface area is 99.8 Å². The summed E-state index contributed by atoms with van der Waals surface area (Å²) in [5, 5.41) is 5.31. The number of nitrogens with two attached hydrogens (primary N) is 1.